The number of nitrogens with two attached hydrogens (primary N) is 1. The molecule has 0 saturated heterocycles. The zero-order valence-electron chi connectivity index (χ0n) is 6.59. The van der Waals surface area contributed by atoms with Gasteiger partial charge in [0.2, 0.25) is 0 Å². The fourth-order valence-corrected chi connectivity index (χ4v) is 1.55. The van der Waals surface area contributed by atoms with Gasteiger partial charge in [-0.1, -0.05) is 30.3 Å². The standard InChI is InChI=1S/C10H13N/c11-8-10(6-7-10)9-4-2-1-3-5-9/h1-5H,6-8,11H2. The summed E-state index contributed by atoms with van der Waals surface area (Å²) < 4.78 is 0. The highest BCUT2D eigenvalue weighted by atomic mass is 14.7. The van der Waals surface area contributed by atoms with Crippen molar-refractivity contribution in [1.82, 2.24) is 0 Å². The summed E-state index contributed by atoms with van der Waals surface area (Å²) in [6, 6.07) is 10.6. The van der Waals surface area contributed by atoms with Crippen molar-refractivity contribution in [2.75, 3.05) is 6.54 Å². The minimum atomic E-state index is 0.362. The molecular formula is C10H13N. The van der Waals surface area contributed by atoms with Crippen LogP contribution in [0, 0.1) is 0 Å². The Morgan fingerprint density at radius 2 is 1.82 bits per heavy atom. The molecule has 0 bridgehead atoms. The first-order valence-electron chi connectivity index (χ1n) is 4.13. The van der Waals surface area contributed by atoms with Crippen molar-refractivity contribution in [3.63, 3.8) is 0 Å². The van der Waals surface area contributed by atoms with E-state index in [1.54, 1.807) is 0 Å². The Balaban J connectivity index is 2.30. The van der Waals surface area contributed by atoms with Gasteiger partial charge in [0, 0.05) is 12.0 Å². The van der Waals surface area contributed by atoms with Crippen molar-refractivity contribution in [2.24, 2.45) is 5.73 Å². The van der Waals surface area contributed by atoms with Crippen LogP contribution in [0.2, 0.25) is 0 Å². The van der Waals surface area contributed by atoms with Crippen LogP contribution in [0.15, 0.2) is 30.3 Å². The average molecular weight is 147 g/mol. The Hall–Kier alpha value is -0.820. The van der Waals surface area contributed by atoms with Crippen LogP contribution in [0.5, 0.6) is 0 Å². The maximum atomic E-state index is 5.70. The second-order valence-electron chi connectivity index (χ2n) is 3.35. The van der Waals surface area contributed by atoms with E-state index in [1.165, 1.54) is 18.4 Å². The molecule has 1 aromatic carbocycles. The summed E-state index contributed by atoms with van der Waals surface area (Å²) in [5.74, 6) is 0. The van der Waals surface area contributed by atoms with E-state index in [0.29, 0.717) is 5.41 Å². The third-order valence-electron chi connectivity index (χ3n) is 2.63. The summed E-state index contributed by atoms with van der Waals surface area (Å²) >= 11 is 0. The number of benzene rings is 1. The molecule has 0 spiro atoms. The van der Waals surface area contributed by atoms with E-state index < -0.39 is 0 Å². The molecule has 0 unspecified atom stereocenters. The monoisotopic (exact) mass is 147 g/mol. The highest BCUT2D eigenvalue weighted by Crippen LogP contribution is 2.46. The van der Waals surface area contributed by atoms with Crippen LogP contribution in [0.1, 0.15) is 18.4 Å². The van der Waals surface area contributed by atoms with Crippen molar-refractivity contribution < 1.29 is 0 Å². The van der Waals surface area contributed by atoms with Gasteiger partial charge in [-0.15, -0.1) is 0 Å². The number of hydrogen-bond donors (Lipinski definition) is 1. The highest BCUT2D eigenvalue weighted by molar-refractivity contribution is 5.31. The molecule has 1 aliphatic rings. The highest BCUT2D eigenvalue weighted by Gasteiger charge is 2.42. The molecule has 0 aliphatic heterocycles. The fourth-order valence-electron chi connectivity index (χ4n) is 1.55. The molecule has 1 heteroatoms. The summed E-state index contributed by atoms with van der Waals surface area (Å²) in [5, 5.41) is 0. The van der Waals surface area contributed by atoms with Crippen LogP contribution in [0.3, 0.4) is 0 Å². The third kappa shape index (κ3) is 1.05. The van der Waals surface area contributed by atoms with Crippen LogP contribution in [0.4, 0.5) is 0 Å². The van der Waals surface area contributed by atoms with Gasteiger partial charge in [0.15, 0.2) is 0 Å². The zero-order valence-corrected chi connectivity index (χ0v) is 6.59. The largest absolute Gasteiger partial charge is 0.330 e. The Labute approximate surface area is 67.2 Å². The molecule has 2 N–H and O–H groups in total. The summed E-state index contributed by atoms with van der Waals surface area (Å²) in [7, 11) is 0. The topological polar surface area (TPSA) is 26.0 Å². The van der Waals surface area contributed by atoms with Crippen molar-refractivity contribution in [2.45, 2.75) is 18.3 Å². The molecule has 1 fully saturated rings. The third-order valence-corrected chi connectivity index (χ3v) is 2.63. The smallest absolute Gasteiger partial charge is 0.00762 e. The van der Waals surface area contributed by atoms with E-state index in [9.17, 15) is 0 Å². The maximum absolute atomic E-state index is 5.70. The minimum absolute atomic E-state index is 0.362. The Morgan fingerprint density at radius 3 is 2.27 bits per heavy atom. The maximum Gasteiger partial charge on any atom is 0.00762 e. The van der Waals surface area contributed by atoms with Gasteiger partial charge in [-0.3, -0.25) is 0 Å². The van der Waals surface area contributed by atoms with Crippen LogP contribution < -0.4 is 5.73 Å². The van der Waals surface area contributed by atoms with E-state index >= 15 is 0 Å². The van der Waals surface area contributed by atoms with Gasteiger partial charge in [0.05, 0.1) is 0 Å². The molecule has 0 amide bonds. The van der Waals surface area contributed by atoms with E-state index in [-0.39, 0.29) is 0 Å². The lowest BCUT2D eigenvalue weighted by molar-refractivity contribution is 0.705. The minimum Gasteiger partial charge on any atom is -0.330 e. The van der Waals surface area contributed by atoms with Crippen molar-refractivity contribution in [1.29, 1.82) is 0 Å². The first-order valence-corrected chi connectivity index (χ1v) is 4.13. The van der Waals surface area contributed by atoms with Crippen molar-refractivity contribution >= 4 is 0 Å². The van der Waals surface area contributed by atoms with Gasteiger partial charge in [-0.2, -0.15) is 0 Å². The quantitative estimate of drug-likeness (QED) is 0.676. The predicted molar refractivity (Wildman–Crippen MR) is 46.4 cm³/mol. The molecular weight excluding hydrogens is 134 g/mol. The Bertz CT molecular complexity index is 236. The van der Waals surface area contributed by atoms with Crippen LogP contribution in [0.25, 0.3) is 0 Å². The molecule has 1 nitrogen and oxygen atoms in total. The molecule has 11 heavy (non-hydrogen) atoms. The molecule has 0 heterocycles. The lowest BCUT2D eigenvalue weighted by Gasteiger charge is -2.11. The summed E-state index contributed by atoms with van der Waals surface area (Å²) in [4.78, 5) is 0. The average Bonchev–Trinajstić information content (AvgIpc) is 2.86. The van der Waals surface area contributed by atoms with E-state index in [1.807, 2.05) is 0 Å². The molecule has 58 valence electrons. The number of hydrogen-bond acceptors (Lipinski definition) is 1. The molecule has 1 saturated carbocycles. The summed E-state index contributed by atoms with van der Waals surface area (Å²) in [6.07, 6.45) is 2.54. The van der Waals surface area contributed by atoms with Crippen LogP contribution >= 0.6 is 0 Å². The molecule has 0 atom stereocenters. The van der Waals surface area contributed by atoms with E-state index in [2.05, 4.69) is 30.3 Å². The molecule has 0 radical (unpaired) electrons. The van der Waals surface area contributed by atoms with Crippen molar-refractivity contribution in [3.8, 4) is 0 Å². The van der Waals surface area contributed by atoms with Gasteiger partial charge in [0.1, 0.15) is 0 Å². The lowest BCUT2D eigenvalue weighted by atomic mass is 9.97. The SMILES string of the molecule is NCC1(c2ccccc2)CC1. The van der Waals surface area contributed by atoms with Gasteiger partial charge >= 0.3 is 0 Å². The van der Waals surface area contributed by atoms with Gasteiger partial charge in [0.25, 0.3) is 0 Å². The molecule has 2 rings (SSSR count). The lowest BCUT2D eigenvalue weighted by Crippen LogP contribution is -2.19. The molecule has 1 aromatic rings. The zero-order chi connectivity index (χ0) is 7.73. The van der Waals surface area contributed by atoms with Gasteiger partial charge < -0.3 is 5.73 Å². The fraction of sp³-hybridized carbons (Fsp3) is 0.400. The predicted octanol–water partition coefficient (Wildman–Crippen LogP) is 1.68. The number of rotatable bonds is 2. The Morgan fingerprint density at radius 1 is 1.18 bits per heavy atom. The van der Waals surface area contributed by atoms with E-state index in [0.717, 1.165) is 6.54 Å². The van der Waals surface area contributed by atoms with Crippen LogP contribution in [-0.4, -0.2) is 6.54 Å². The second-order valence-corrected chi connectivity index (χ2v) is 3.35. The van der Waals surface area contributed by atoms with Gasteiger partial charge in [-0.25, -0.2) is 0 Å². The first-order chi connectivity index (χ1) is 5.37. The second kappa shape index (κ2) is 2.35. The molecule has 0 aromatic heterocycles. The molecule has 1 aliphatic carbocycles. The normalized spacial score (nSPS) is 19.7. The van der Waals surface area contributed by atoms with E-state index in [4.69, 9.17) is 5.73 Å². The first kappa shape index (κ1) is 6.86. The van der Waals surface area contributed by atoms with Crippen molar-refractivity contribution in [3.05, 3.63) is 35.9 Å². The van der Waals surface area contributed by atoms with Gasteiger partial charge in [-0.05, 0) is 18.4 Å². The summed E-state index contributed by atoms with van der Waals surface area (Å²) in [6.45, 7) is 0.803. The Kier molecular flexibility index (Phi) is 1.46. The summed E-state index contributed by atoms with van der Waals surface area (Å²) in [5.41, 5.74) is 7.48. The van der Waals surface area contributed by atoms with Crippen LogP contribution in [-0.2, 0) is 5.41 Å².